The Bertz CT molecular complexity index is 1230. The van der Waals surface area contributed by atoms with E-state index in [0.717, 1.165) is 32.1 Å². The molecule has 9 heteroatoms. The standard InChI is InChI=1S/C29H30N2O7/c1-2-3-14-37-28(35)17-6-10-21(11-7-17)30-23(32)16-38-29(36)18-8-12-22(13-9-18)31-26(33)24-19-4-5-20(15-19)25(24)27(31)34/h6-13,19-20,24-25H,2-5,14-16H2,1H3,(H,30,32)/t19-,20-,24+,25+/m0/s1. The molecule has 3 aliphatic rings. The molecule has 1 heterocycles. The Morgan fingerprint density at radius 3 is 1.97 bits per heavy atom. The van der Waals surface area contributed by atoms with Crippen molar-refractivity contribution in [3.63, 3.8) is 0 Å². The van der Waals surface area contributed by atoms with Gasteiger partial charge in [-0.05, 0) is 86.1 Å². The van der Waals surface area contributed by atoms with Crippen LogP contribution < -0.4 is 10.2 Å². The first-order chi connectivity index (χ1) is 18.4. The molecule has 4 atom stereocenters. The molecule has 1 aliphatic heterocycles. The molecule has 5 rings (SSSR count). The van der Waals surface area contributed by atoms with Crippen molar-refractivity contribution in [3.05, 3.63) is 59.7 Å². The molecule has 3 amide bonds. The van der Waals surface area contributed by atoms with Crippen molar-refractivity contribution in [3.8, 4) is 0 Å². The van der Waals surface area contributed by atoms with E-state index in [2.05, 4.69) is 5.32 Å². The van der Waals surface area contributed by atoms with Crippen molar-refractivity contribution < 1.29 is 33.4 Å². The number of carbonyl (C=O) groups is 5. The predicted molar refractivity (Wildman–Crippen MR) is 137 cm³/mol. The van der Waals surface area contributed by atoms with Crippen molar-refractivity contribution in [1.82, 2.24) is 0 Å². The quantitative estimate of drug-likeness (QED) is 0.303. The summed E-state index contributed by atoms with van der Waals surface area (Å²) in [5.41, 5.74) is 1.47. The molecule has 1 saturated heterocycles. The molecule has 1 N–H and O–H groups in total. The van der Waals surface area contributed by atoms with E-state index in [0.29, 0.717) is 35.4 Å². The lowest BCUT2D eigenvalue weighted by molar-refractivity contribution is -0.123. The number of benzene rings is 2. The second kappa shape index (κ2) is 10.8. The van der Waals surface area contributed by atoms with Gasteiger partial charge in [-0.3, -0.25) is 19.3 Å². The molecule has 2 aliphatic carbocycles. The van der Waals surface area contributed by atoms with Gasteiger partial charge in [0, 0.05) is 5.69 Å². The SMILES string of the molecule is CCCCOC(=O)c1ccc(NC(=O)COC(=O)c2ccc(N3C(=O)[C@@H]4[C@H]5CC[C@@H](C5)[C@H]4C3=O)cc2)cc1. The summed E-state index contributed by atoms with van der Waals surface area (Å²) >= 11 is 0. The summed E-state index contributed by atoms with van der Waals surface area (Å²) in [5, 5.41) is 2.60. The molecule has 2 bridgehead atoms. The average molecular weight is 519 g/mol. The van der Waals surface area contributed by atoms with Gasteiger partial charge in [0.25, 0.3) is 5.91 Å². The lowest BCUT2D eigenvalue weighted by Gasteiger charge is -2.19. The number of nitrogens with zero attached hydrogens (tertiary/aromatic N) is 1. The van der Waals surface area contributed by atoms with E-state index < -0.39 is 24.5 Å². The Balaban J connectivity index is 1.11. The topological polar surface area (TPSA) is 119 Å². The van der Waals surface area contributed by atoms with Crippen LogP contribution in [0.2, 0.25) is 0 Å². The molecule has 2 saturated carbocycles. The van der Waals surface area contributed by atoms with Gasteiger partial charge in [0.15, 0.2) is 6.61 Å². The Hall–Kier alpha value is -4.01. The molecule has 0 aromatic heterocycles. The number of anilines is 2. The number of hydrogen-bond donors (Lipinski definition) is 1. The summed E-state index contributed by atoms with van der Waals surface area (Å²) in [6.07, 6.45) is 4.71. The third kappa shape index (κ3) is 4.92. The summed E-state index contributed by atoms with van der Waals surface area (Å²) in [6.45, 7) is 1.86. The number of unbranched alkanes of at least 4 members (excludes halogenated alkanes) is 1. The Morgan fingerprint density at radius 1 is 0.842 bits per heavy atom. The highest BCUT2D eigenvalue weighted by Gasteiger charge is 2.61. The van der Waals surface area contributed by atoms with Gasteiger partial charge in [-0.15, -0.1) is 0 Å². The van der Waals surface area contributed by atoms with Crippen LogP contribution in [0.4, 0.5) is 11.4 Å². The zero-order valence-corrected chi connectivity index (χ0v) is 21.2. The van der Waals surface area contributed by atoms with Crippen LogP contribution in [-0.4, -0.2) is 42.9 Å². The van der Waals surface area contributed by atoms with Crippen LogP contribution in [0.1, 0.15) is 59.7 Å². The monoisotopic (exact) mass is 518 g/mol. The summed E-state index contributed by atoms with van der Waals surface area (Å²) in [7, 11) is 0. The number of fused-ring (bicyclic) bond motifs is 5. The van der Waals surface area contributed by atoms with Crippen LogP contribution in [0.15, 0.2) is 48.5 Å². The molecule has 2 aromatic carbocycles. The number of hydrogen-bond acceptors (Lipinski definition) is 7. The molecule has 0 radical (unpaired) electrons. The maximum Gasteiger partial charge on any atom is 0.338 e. The lowest BCUT2D eigenvalue weighted by atomic mass is 9.81. The Kier molecular flexibility index (Phi) is 7.26. The fourth-order valence-electron chi connectivity index (χ4n) is 5.90. The second-order valence-corrected chi connectivity index (χ2v) is 10.1. The fraction of sp³-hybridized carbons (Fsp3) is 0.414. The van der Waals surface area contributed by atoms with Gasteiger partial charge in [-0.2, -0.15) is 0 Å². The number of nitrogens with one attached hydrogen (secondary N) is 1. The number of ether oxygens (including phenoxy) is 2. The number of esters is 2. The number of carbonyl (C=O) groups excluding carboxylic acids is 5. The fourth-order valence-corrected chi connectivity index (χ4v) is 5.90. The summed E-state index contributed by atoms with van der Waals surface area (Å²) < 4.78 is 10.3. The molecule has 3 fully saturated rings. The smallest absolute Gasteiger partial charge is 0.338 e. The Labute approximate surface area is 220 Å². The highest BCUT2D eigenvalue weighted by molar-refractivity contribution is 6.22. The van der Waals surface area contributed by atoms with Crippen molar-refractivity contribution in [2.45, 2.75) is 39.0 Å². The van der Waals surface area contributed by atoms with E-state index in [9.17, 15) is 24.0 Å². The zero-order chi connectivity index (χ0) is 26.8. The minimum Gasteiger partial charge on any atom is -0.462 e. The maximum atomic E-state index is 13.0. The zero-order valence-electron chi connectivity index (χ0n) is 21.2. The van der Waals surface area contributed by atoms with E-state index in [-0.39, 0.29) is 29.2 Å². The van der Waals surface area contributed by atoms with Gasteiger partial charge in [0.2, 0.25) is 11.8 Å². The minimum atomic E-state index is -0.703. The van der Waals surface area contributed by atoms with Gasteiger partial charge in [0.05, 0.1) is 35.3 Å². The molecule has 38 heavy (non-hydrogen) atoms. The van der Waals surface area contributed by atoms with Crippen molar-refractivity contribution in [2.75, 3.05) is 23.4 Å². The van der Waals surface area contributed by atoms with Gasteiger partial charge >= 0.3 is 11.9 Å². The van der Waals surface area contributed by atoms with Crippen LogP contribution in [0.3, 0.4) is 0 Å². The van der Waals surface area contributed by atoms with E-state index in [4.69, 9.17) is 9.47 Å². The van der Waals surface area contributed by atoms with Crippen LogP contribution in [0.5, 0.6) is 0 Å². The van der Waals surface area contributed by atoms with Crippen molar-refractivity contribution >= 4 is 41.0 Å². The van der Waals surface area contributed by atoms with Gasteiger partial charge in [-0.25, -0.2) is 9.59 Å². The van der Waals surface area contributed by atoms with Crippen LogP contribution in [0, 0.1) is 23.7 Å². The predicted octanol–water partition coefficient (Wildman–Crippen LogP) is 3.97. The highest BCUT2D eigenvalue weighted by Crippen LogP contribution is 2.56. The number of amides is 3. The minimum absolute atomic E-state index is 0.138. The third-order valence-electron chi connectivity index (χ3n) is 7.76. The van der Waals surface area contributed by atoms with Crippen LogP contribution in [-0.2, 0) is 23.9 Å². The van der Waals surface area contributed by atoms with Gasteiger partial charge in [-0.1, -0.05) is 13.3 Å². The highest BCUT2D eigenvalue weighted by atomic mass is 16.5. The van der Waals surface area contributed by atoms with Gasteiger partial charge in [0.1, 0.15) is 0 Å². The first kappa shape index (κ1) is 25.6. The Morgan fingerprint density at radius 2 is 1.39 bits per heavy atom. The summed E-state index contributed by atoms with van der Waals surface area (Å²) in [5.74, 6) is -1.76. The first-order valence-electron chi connectivity index (χ1n) is 13.1. The lowest BCUT2D eigenvalue weighted by Crippen LogP contribution is -2.32. The van der Waals surface area contributed by atoms with Gasteiger partial charge < -0.3 is 14.8 Å². The number of rotatable bonds is 9. The summed E-state index contributed by atoms with van der Waals surface area (Å²) in [4.78, 5) is 63.9. The average Bonchev–Trinajstić information content (AvgIpc) is 3.61. The largest absolute Gasteiger partial charge is 0.462 e. The molecular weight excluding hydrogens is 488 g/mol. The molecule has 0 spiro atoms. The molecular formula is C29H30N2O7. The van der Waals surface area contributed by atoms with E-state index in [1.165, 1.54) is 17.0 Å². The maximum absolute atomic E-state index is 13.0. The molecule has 2 aromatic rings. The van der Waals surface area contributed by atoms with Crippen molar-refractivity contribution in [1.29, 1.82) is 0 Å². The second-order valence-electron chi connectivity index (χ2n) is 10.1. The molecule has 9 nitrogen and oxygen atoms in total. The normalized spacial score (nSPS) is 23.3. The first-order valence-corrected chi connectivity index (χ1v) is 13.1. The summed E-state index contributed by atoms with van der Waals surface area (Å²) in [6, 6.07) is 12.3. The van der Waals surface area contributed by atoms with Crippen LogP contribution in [0.25, 0.3) is 0 Å². The number of imide groups is 1. The van der Waals surface area contributed by atoms with E-state index in [1.54, 1.807) is 36.4 Å². The van der Waals surface area contributed by atoms with Crippen LogP contribution >= 0.6 is 0 Å². The molecule has 0 unspecified atom stereocenters. The molecule has 198 valence electrons. The van der Waals surface area contributed by atoms with Crippen molar-refractivity contribution in [2.24, 2.45) is 23.7 Å². The van der Waals surface area contributed by atoms with E-state index in [1.807, 2.05) is 6.92 Å². The van der Waals surface area contributed by atoms with E-state index >= 15 is 0 Å². The third-order valence-corrected chi connectivity index (χ3v) is 7.76.